The zero-order chi connectivity index (χ0) is 27.3. The van der Waals surface area contributed by atoms with Gasteiger partial charge in [-0.1, -0.05) is 53.9 Å². The van der Waals surface area contributed by atoms with Gasteiger partial charge >= 0.3 is 6.09 Å². The normalized spacial score (nSPS) is 15.4. The molecule has 1 aromatic rings. The first kappa shape index (κ1) is 31.3. The monoisotopic (exact) mass is 580 g/mol. The lowest BCUT2D eigenvalue weighted by atomic mass is 10.1. The van der Waals surface area contributed by atoms with Gasteiger partial charge in [0.05, 0.1) is 44.2 Å². The second-order valence-corrected chi connectivity index (χ2v) is 11.0. The summed E-state index contributed by atoms with van der Waals surface area (Å²) >= 11 is 16.9. The Morgan fingerprint density at radius 3 is 2.57 bits per heavy atom. The average Bonchev–Trinajstić information content (AvgIpc) is 3.34. The van der Waals surface area contributed by atoms with Crippen molar-refractivity contribution >= 4 is 52.5 Å². The van der Waals surface area contributed by atoms with Gasteiger partial charge in [-0.25, -0.2) is 4.79 Å². The van der Waals surface area contributed by atoms with E-state index in [-0.39, 0.29) is 43.0 Å². The van der Waals surface area contributed by atoms with E-state index in [9.17, 15) is 14.7 Å². The smallest absolute Gasteiger partial charge is 0.411 e. The van der Waals surface area contributed by atoms with E-state index >= 15 is 0 Å². The highest BCUT2D eigenvalue weighted by atomic mass is 35.6. The lowest BCUT2D eigenvalue weighted by Crippen LogP contribution is -2.38. The number of anilines is 1. The van der Waals surface area contributed by atoms with Gasteiger partial charge in [-0.3, -0.25) is 10.1 Å². The number of benzene rings is 1. The number of halogens is 3. The van der Waals surface area contributed by atoms with Crippen LogP contribution in [0, 0.1) is 0 Å². The van der Waals surface area contributed by atoms with Crippen molar-refractivity contribution in [2.75, 3.05) is 52.0 Å². The zero-order valence-corrected chi connectivity index (χ0v) is 23.2. The third kappa shape index (κ3) is 10.8. The predicted molar refractivity (Wildman–Crippen MR) is 144 cm³/mol. The van der Waals surface area contributed by atoms with Gasteiger partial charge in [-0.2, -0.15) is 0 Å². The third-order valence-corrected chi connectivity index (χ3v) is 5.99. The molecule has 0 bridgehead atoms. The van der Waals surface area contributed by atoms with Crippen molar-refractivity contribution in [2.45, 2.75) is 48.4 Å². The first-order chi connectivity index (χ1) is 17.7. The lowest BCUT2D eigenvalue weighted by Gasteiger charge is -2.25. The number of aliphatic hydroxyl groups is 1. The highest BCUT2D eigenvalue weighted by molar-refractivity contribution is 6.67. The Hall–Kier alpha value is -1.91. The maximum atomic E-state index is 13.4. The molecule has 9 nitrogen and oxygen atoms in total. The summed E-state index contributed by atoms with van der Waals surface area (Å²) in [7, 11) is 1.48. The van der Waals surface area contributed by atoms with E-state index in [1.165, 1.54) is 19.3 Å². The molecular weight excluding hydrogens is 547 g/mol. The van der Waals surface area contributed by atoms with Crippen LogP contribution in [0.4, 0.5) is 10.5 Å². The van der Waals surface area contributed by atoms with Gasteiger partial charge < -0.3 is 29.0 Å². The Morgan fingerprint density at radius 2 is 1.92 bits per heavy atom. The standard InChI is InChI=1S/C25H35Cl3N2O7/c1-3-11-37-24(33)29-20-15-22(36-13-7-5-4-6-12-35-17-25(26,27)28)21(34-2)14-19(20)23(32)30-10-8-9-18(30)16-31/h3,14-15,18,31H,1,4-13,16-17H2,2H3,(H,29,33)/t18-/m0/s1. The molecule has 0 aliphatic carbocycles. The fraction of sp³-hybridized carbons (Fsp3) is 0.600. The molecule has 0 saturated carbocycles. The summed E-state index contributed by atoms with van der Waals surface area (Å²) in [5.74, 6) is 0.412. The Kier molecular flexibility index (Phi) is 13.7. The van der Waals surface area contributed by atoms with Gasteiger partial charge in [0.25, 0.3) is 5.91 Å². The zero-order valence-electron chi connectivity index (χ0n) is 21.0. The van der Waals surface area contributed by atoms with E-state index in [0.29, 0.717) is 37.7 Å². The Labute approximate surface area is 232 Å². The van der Waals surface area contributed by atoms with Crippen molar-refractivity contribution < 1.29 is 33.6 Å². The van der Waals surface area contributed by atoms with Crippen LogP contribution < -0.4 is 14.8 Å². The number of carbonyl (C=O) groups is 2. The first-order valence-corrected chi connectivity index (χ1v) is 13.3. The van der Waals surface area contributed by atoms with Crippen molar-refractivity contribution in [2.24, 2.45) is 0 Å². The summed E-state index contributed by atoms with van der Waals surface area (Å²) in [6.45, 7) is 4.88. The second kappa shape index (κ2) is 16.1. The van der Waals surface area contributed by atoms with Crippen molar-refractivity contribution in [1.82, 2.24) is 4.90 Å². The molecule has 2 amide bonds. The SMILES string of the molecule is C=CCOC(=O)Nc1cc(OCCCCCCOCC(Cl)(Cl)Cl)c(OC)cc1C(=O)N1CCC[C@H]1CO. The fourth-order valence-electron chi connectivity index (χ4n) is 3.87. The molecular formula is C25H35Cl3N2O7. The van der Waals surface area contributed by atoms with Gasteiger partial charge in [-0.15, -0.1) is 0 Å². The molecule has 2 rings (SSSR count). The van der Waals surface area contributed by atoms with E-state index in [1.54, 1.807) is 11.0 Å². The molecule has 1 heterocycles. The number of nitrogens with zero attached hydrogens (tertiary/aromatic N) is 1. The van der Waals surface area contributed by atoms with E-state index in [1.807, 2.05) is 0 Å². The maximum Gasteiger partial charge on any atom is 0.411 e. The van der Waals surface area contributed by atoms with Crippen LogP contribution in [-0.4, -0.2) is 78.5 Å². The summed E-state index contributed by atoms with van der Waals surface area (Å²) in [5, 5.41) is 12.3. The molecule has 1 fully saturated rings. The summed E-state index contributed by atoms with van der Waals surface area (Å²) in [6, 6.07) is 2.81. The Balaban J connectivity index is 2.04. The van der Waals surface area contributed by atoms with Crippen LogP contribution in [0.5, 0.6) is 11.5 Å². The molecule has 0 aromatic heterocycles. The van der Waals surface area contributed by atoms with Crippen LogP contribution in [0.3, 0.4) is 0 Å². The van der Waals surface area contributed by atoms with Crippen LogP contribution in [-0.2, 0) is 9.47 Å². The molecule has 2 N–H and O–H groups in total. The molecule has 0 unspecified atom stereocenters. The van der Waals surface area contributed by atoms with E-state index in [4.69, 9.17) is 53.8 Å². The topological polar surface area (TPSA) is 107 Å². The van der Waals surface area contributed by atoms with Gasteiger partial charge in [0.1, 0.15) is 6.61 Å². The third-order valence-electron chi connectivity index (χ3n) is 5.66. The summed E-state index contributed by atoms with van der Waals surface area (Å²) in [6.07, 6.45) is 5.61. The minimum Gasteiger partial charge on any atom is -0.493 e. The van der Waals surface area contributed by atoms with Gasteiger partial charge in [0.15, 0.2) is 11.5 Å². The fourth-order valence-corrected chi connectivity index (χ4v) is 4.10. The van der Waals surface area contributed by atoms with Crippen LogP contribution in [0.2, 0.25) is 0 Å². The number of methoxy groups -OCH3 is 1. The maximum absolute atomic E-state index is 13.4. The van der Waals surface area contributed by atoms with Crippen molar-refractivity contribution in [3.8, 4) is 11.5 Å². The van der Waals surface area contributed by atoms with Gasteiger partial charge in [-0.05, 0) is 38.2 Å². The minimum atomic E-state index is -1.40. The van der Waals surface area contributed by atoms with E-state index < -0.39 is 9.89 Å². The van der Waals surface area contributed by atoms with Gasteiger partial charge in [0, 0.05) is 19.2 Å². The summed E-state index contributed by atoms with van der Waals surface area (Å²) in [4.78, 5) is 27.2. The molecule has 1 saturated heterocycles. The number of likely N-dealkylation sites (tertiary alicyclic amines) is 1. The lowest BCUT2D eigenvalue weighted by molar-refractivity contribution is 0.0678. The second-order valence-electron chi connectivity index (χ2n) is 8.47. The van der Waals surface area contributed by atoms with Crippen LogP contribution in [0.15, 0.2) is 24.8 Å². The van der Waals surface area contributed by atoms with Crippen molar-refractivity contribution in [3.05, 3.63) is 30.4 Å². The largest absolute Gasteiger partial charge is 0.493 e. The highest BCUT2D eigenvalue weighted by Gasteiger charge is 2.31. The number of aliphatic hydroxyl groups excluding tert-OH is 1. The molecule has 1 aromatic carbocycles. The number of carbonyl (C=O) groups excluding carboxylic acids is 2. The molecule has 0 radical (unpaired) electrons. The van der Waals surface area contributed by atoms with Crippen LogP contribution >= 0.6 is 34.8 Å². The average molecular weight is 582 g/mol. The molecule has 1 aliphatic rings. The number of amides is 2. The summed E-state index contributed by atoms with van der Waals surface area (Å²) in [5.41, 5.74) is 0.444. The molecule has 37 heavy (non-hydrogen) atoms. The molecule has 0 spiro atoms. The van der Waals surface area contributed by atoms with Gasteiger partial charge in [0.2, 0.25) is 3.79 Å². The highest BCUT2D eigenvalue weighted by Crippen LogP contribution is 2.35. The number of hydrogen-bond donors (Lipinski definition) is 2. The van der Waals surface area contributed by atoms with E-state index in [0.717, 1.165) is 32.1 Å². The number of nitrogens with one attached hydrogen (secondary N) is 1. The number of ether oxygens (including phenoxy) is 4. The molecule has 1 aliphatic heterocycles. The quantitative estimate of drug-likeness (QED) is 0.163. The van der Waals surface area contributed by atoms with Crippen LogP contribution in [0.25, 0.3) is 0 Å². The van der Waals surface area contributed by atoms with Crippen LogP contribution in [0.1, 0.15) is 48.9 Å². The number of alkyl halides is 3. The Bertz CT molecular complexity index is 896. The molecule has 208 valence electrons. The minimum absolute atomic E-state index is 0.0167. The summed E-state index contributed by atoms with van der Waals surface area (Å²) < 4.78 is 20.3. The van der Waals surface area contributed by atoms with E-state index in [2.05, 4.69) is 11.9 Å². The number of hydrogen-bond acceptors (Lipinski definition) is 7. The molecule has 12 heteroatoms. The predicted octanol–water partition coefficient (Wildman–Crippen LogP) is 5.35. The number of rotatable bonds is 15. The van der Waals surface area contributed by atoms with Crippen molar-refractivity contribution in [1.29, 1.82) is 0 Å². The first-order valence-electron chi connectivity index (χ1n) is 12.2. The number of unbranched alkanes of at least 4 members (excludes halogenated alkanes) is 3. The molecule has 1 atom stereocenters. The van der Waals surface area contributed by atoms with Crippen molar-refractivity contribution in [3.63, 3.8) is 0 Å². The Morgan fingerprint density at radius 1 is 1.19 bits per heavy atom.